The van der Waals surface area contributed by atoms with Crippen LogP contribution in [0.1, 0.15) is 12.5 Å². The largest absolute Gasteiger partial charge is 0.490 e. The first kappa shape index (κ1) is 14.8. The molecule has 1 atom stereocenters. The Morgan fingerprint density at radius 2 is 2.28 bits per heavy atom. The zero-order valence-corrected chi connectivity index (χ0v) is 11.5. The molecule has 0 saturated carbocycles. The highest BCUT2D eigenvalue weighted by atomic mass is 35.5. The fourth-order valence-electron chi connectivity index (χ4n) is 1.92. The summed E-state index contributed by atoms with van der Waals surface area (Å²) < 4.78 is 5.57. The minimum atomic E-state index is -0.151. The van der Waals surface area contributed by atoms with Crippen molar-refractivity contribution < 1.29 is 9.53 Å². The van der Waals surface area contributed by atoms with Gasteiger partial charge in [-0.15, -0.1) is 12.4 Å². The lowest BCUT2D eigenvalue weighted by Crippen LogP contribution is -2.42. The summed E-state index contributed by atoms with van der Waals surface area (Å²) >= 11 is 0. The first-order valence-corrected chi connectivity index (χ1v) is 5.88. The highest BCUT2D eigenvalue weighted by Crippen LogP contribution is 2.33. The van der Waals surface area contributed by atoms with Crippen molar-refractivity contribution >= 4 is 24.0 Å². The zero-order valence-electron chi connectivity index (χ0n) is 10.7. The molecule has 1 aromatic rings. The normalized spacial score (nSPS) is 15.2. The second kappa shape index (κ2) is 6.07. The minimum Gasteiger partial charge on any atom is -0.490 e. The molecule has 0 fully saturated rings. The maximum absolute atomic E-state index is 12.2. The van der Waals surface area contributed by atoms with Gasteiger partial charge in [-0.1, -0.05) is 13.0 Å². The third-order valence-electron chi connectivity index (χ3n) is 3.02. The van der Waals surface area contributed by atoms with Gasteiger partial charge in [0.1, 0.15) is 12.4 Å². The van der Waals surface area contributed by atoms with Crippen LogP contribution in [-0.4, -0.2) is 25.6 Å². The van der Waals surface area contributed by atoms with Gasteiger partial charge in [-0.3, -0.25) is 4.79 Å². The molecule has 4 nitrogen and oxygen atoms in total. The van der Waals surface area contributed by atoms with E-state index in [0.29, 0.717) is 19.7 Å². The van der Waals surface area contributed by atoms with E-state index in [1.54, 1.807) is 4.90 Å². The van der Waals surface area contributed by atoms with Crippen molar-refractivity contribution in [1.82, 2.24) is 0 Å². The number of benzene rings is 1. The van der Waals surface area contributed by atoms with Crippen LogP contribution in [0.3, 0.4) is 0 Å². The number of nitrogens with zero attached hydrogens (tertiary/aromatic N) is 1. The first-order valence-electron chi connectivity index (χ1n) is 5.88. The molecule has 0 spiro atoms. The lowest BCUT2D eigenvalue weighted by atomic mass is 10.1. The number of fused-ring (bicyclic) bond motifs is 1. The second-order valence-corrected chi connectivity index (χ2v) is 4.45. The Bertz CT molecular complexity index is 437. The third-order valence-corrected chi connectivity index (χ3v) is 3.02. The summed E-state index contributed by atoms with van der Waals surface area (Å²) in [5, 5.41) is 0. The maximum Gasteiger partial charge on any atom is 0.231 e. The average molecular weight is 271 g/mol. The van der Waals surface area contributed by atoms with Gasteiger partial charge in [0.25, 0.3) is 0 Å². The van der Waals surface area contributed by atoms with Crippen LogP contribution in [-0.2, 0) is 4.79 Å². The number of nitrogens with two attached hydrogens (primary N) is 1. The van der Waals surface area contributed by atoms with Crippen LogP contribution in [0.25, 0.3) is 0 Å². The van der Waals surface area contributed by atoms with E-state index in [2.05, 4.69) is 0 Å². The molecule has 18 heavy (non-hydrogen) atoms. The summed E-state index contributed by atoms with van der Waals surface area (Å²) in [6.45, 7) is 5.37. The SMILES string of the molecule is Cc1ccc2c(c1)OCCN2C(=O)C(C)CN.Cl. The van der Waals surface area contributed by atoms with Gasteiger partial charge in [0.15, 0.2) is 0 Å². The molecule has 0 bridgehead atoms. The van der Waals surface area contributed by atoms with E-state index in [0.717, 1.165) is 17.0 Å². The summed E-state index contributed by atoms with van der Waals surface area (Å²) in [6, 6.07) is 5.88. The Balaban J connectivity index is 0.00000162. The molecule has 0 saturated heterocycles. The van der Waals surface area contributed by atoms with Gasteiger partial charge in [0.2, 0.25) is 5.91 Å². The summed E-state index contributed by atoms with van der Waals surface area (Å²) in [7, 11) is 0. The number of amides is 1. The van der Waals surface area contributed by atoms with E-state index in [1.165, 1.54) is 0 Å². The number of anilines is 1. The monoisotopic (exact) mass is 270 g/mol. The van der Waals surface area contributed by atoms with Crippen LogP contribution >= 0.6 is 12.4 Å². The molecule has 1 amide bonds. The lowest BCUT2D eigenvalue weighted by molar-refractivity contribution is -0.121. The third kappa shape index (κ3) is 2.76. The number of hydrogen-bond acceptors (Lipinski definition) is 3. The molecule has 5 heteroatoms. The molecule has 0 aliphatic carbocycles. The topological polar surface area (TPSA) is 55.6 Å². The van der Waals surface area contributed by atoms with Crippen molar-refractivity contribution in [3.05, 3.63) is 23.8 Å². The molecule has 1 heterocycles. The highest BCUT2D eigenvalue weighted by Gasteiger charge is 2.26. The fourth-order valence-corrected chi connectivity index (χ4v) is 1.92. The van der Waals surface area contributed by atoms with E-state index < -0.39 is 0 Å². The van der Waals surface area contributed by atoms with Gasteiger partial charge in [0, 0.05) is 12.5 Å². The number of aryl methyl sites for hydroxylation is 1. The summed E-state index contributed by atoms with van der Waals surface area (Å²) in [5.41, 5.74) is 7.53. The van der Waals surface area contributed by atoms with Gasteiger partial charge in [-0.2, -0.15) is 0 Å². The molecule has 1 aliphatic rings. The van der Waals surface area contributed by atoms with Gasteiger partial charge < -0.3 is 15.4 Å². The summed E-state index contributed by atoms with van der Waals surface area (Å²) in [5.74, 6) is 0.706. The molecule has 1 unspecified atom stereocenters. The second-order valence-electron chi connectivity index (χ2n) is 4.45. The van der Waals surface area contributed by atoms with Crippen molar-refractivity contribution in [3.63, 3.8) is 0 Å². The molecule has 1 aromatic carbocycles. The number of halogens is 1. The molecule has 0 radical (unpaired) electrons. The molecular weight excluding hydrogens is 252 g/mol. The smallest absolute Gasteiger partial charge is 0.231 e. The summed E-state index contributed by atoms with van der Waals surface area (Å²) in [6.07, 6.45) is 0. The molecule has 2 N–H and O–H groups in total. The predicted octanol–water partition coefficient (Wildman–Crippen LogP) is 1.74. The van der Waals surface area contributed by atoms with Gasteiger partial charge in [-0.05, 0) is 24.6 Å². The number of hydrogen-bond donors (Lipinski definition) is 1. The Kier molecular flexibility index (Phi) is 4.99. The Morgan fingerprint density at radius 1 is 1.56 bits per heavy atom. The zero-order chi connectivity index (χ0) is 12.4. The minimum absolute atomic E-state index is 0. The first-order chi connectivity index (χ1) is 8.13. The standard InChI is InChI=1S/C13H18N2O2.ClH/c1-9-3-4-11-12(7-9)17-6-5-15(11)13(16)10(2)8-14;/h3-4,7,10H,5-6,8,14H2,1-2H3;1H. The van der Waals surface area contributed by atoms with E-state index in [9.17, 15) is 4.79 Å². The molecule has 2 rings (SSSR count). The number of carbonyl (C=O) groups excluding carboxylic acids is 1. The van der Waals surface area contributed by atoms with Gasteiger partial charge >= 0.3 is 0 Å². The van der Waals surface area contributed by atoms with Crippen molar-refractivity contribution in [3.8, 4) is 5.75 Å². The average Bonchev–Trinajstić information content (AvgIpc) is 2.35. The number of ether oxygens (including phenoxy) is 1. The van der Waals surface area contributed by atoms with Gasteiger partial charge in [-0.25, -0.2) is 0 Å². The van der Waals surface area contributed by atoms with E-state index >= 15 is 0 Å². The molecule has 100 valence electrons. The van der Waals surface area contributed by atoms with Crippen molar-refractivity contribution in [2.75, 3.05) is 24.6 Å². The fraction of sp³-hybridized carbons (Fsp3) is 0.462. The van der Waals surface area contributed by atoms with Crippen molar-refractivity contribution in [1.29, 1.82) is 0 Å². The molecule has 0 aromatic heterocycles. The van der Waals surface area contributed by atoms with Crippen LogP contribution in [0.2, 0.25) is 0 Å². The Hall–Kier alpha value is -1.26. The van der Waals surface area contributed by atoms with Crippen LogP contribution in [0, 0.1) is 12.8 Å². The molecular formula is C13H19ClN2O2. The van der Waals surface area contributed by atoms with Crippen LogP contribution < -0.4 is 15.4 Å². The van der Waals surface area contributed by atoms with Crippen molar-refractivity contribution in [2.24, 2.45) is 11.7 Å². The lowest BCUT2D eigenvalue weighted by Gasteiger charge is -2.31. The van der Waals surface area contributed by atoms with Crippen LogP contribution in [0.4, 0.5) is 5.69 Å². The Labute approximate surface area is 114 Å². The number of carbonyl (C=O) groups is 1. The summed E-state index contributed by atoms with van der Waals surface area (Å²) in [4.78, 5) is 13.9. The van der Waals surface area contributed by atoms with Crippen molar-refractivity contribution in [2.45, 2.75) is 13.8 Å². The van der Waals surface area contributed by atoms with Gasteiger partial charge in [0.05, 0.1) is 12.2 Å². The van der Waals surface area contributed by atoms with Crippen LogP contribution in [0.15, 0.2) is 18.2 Å². The van der Waals surface area contributed by atoms with E-state index in [4.69, 9.17) is 10.5 Å². The van der Waals surface area contributed by atoms with Crippen LogP contribution in [0.5, 0.6) is 5.75 Å². The molecule has 1 aliphatic heterocycles. The highest BCUT2D eigenvalue weighted by molar-refractivity contribution is 5.96. The number of rotatable bonds is 2. The Morgan fingerprint density at radius 3 is 2.94 bits per heavy atom. The van der Waals surface area contributed by atoms with E-state index in [-0.39, 0.29) is 24.2 Å². The maximum atomic E-state index is 12.2. The quantitative estimate of drug-likeness (QED) is 0.891. The predicted molar refractivity (Wildman–Crippen MR) is 74.5 cm³/mol. The van der Waals surface area contributed by atoms with E-state index in [1.807, 2.05) is 32.0 Å².